The molecule has 1 saturated heterocycles. The first-order chi connectivity index (χ1) is 18.0. The molecule has 210 valence electrons. The number of piperidine rings is 1. The number of carbonyl (C=O) groups is 2. The van der Waals surface area contributed by atoms with Crippen LogP contribution in [0.4, 0.5) is 10.5 Å². The van der Waals surface area contributed by atoms with E-state index in [0.717, 1.165) is 41.8 Å². The topological polar surface area (TPSA) is 125 Å². The number of hydrogen-bond acceptors (Lipinski definition) is 5. The van der Waals surface area contributed by atoms with Gasteiger partial charge in [0.1, 0.15) is 11.4 Å². The molecular weight excluding hydrogens is 502 g/mol. The van der Waals surface area contributed by atoms with Crippen LogP contribution in [0.25, 0.3) is 6.08 Å². The van der Waals surface area contributed by atoms with Crippen LogP contribution in [0.1, 0.15) is 87.8 Å². The zero-order chi connectivity index (χ0) is 27.9. The molecule has 3 amide bonds. The van der Waals surface area contributed by atoms with Crippen molar-refractivity contribution in [2.45, 2.75) is 90.5 Å². The fourth-order valence-electron chi connectivity index (χ4n) is 5.18. The summed E-state index contributed by atoms with van der Waals surface area (Å²) in [6.45, 7) is 6.43. The molecule has 0 bridgehead atoms. The van der Waals surface area contributed by atoms with E-state index in [9.17, 15) is 18.0 Å². The molecule has 1 fully saturated rings. The van der Waals surface area contributed by atoms with E-state index in [2.05, 4.69) is 12.2 Å². The number of hydrogen-bond donors (Lipinski definition) is 2. The summed E-state index contributed by atoms with van der Waals surface area (Å²) in [6.07, 6.45) is 11.5. The number of primary amides is 1. The van der Waals surface area contributed by atoms with Crippen molar-refractivity contribution in [2.24, 2.45) is 10.7 Å². The molecule has 3 rings (SSSR count). The van der Waals surface area contributed by atoms with Gasteiger partial charge in [0.05, 0.1) is 0 Å². The second kappa shape index (κ2) is 12.9. The molecule has 0 atom stereocenters. The summed E-state index contributed by atoms with van der Waals surface area (Å²) in [6, 6.07) is 3.04. The van der Waals surface area contributed by atoms with Crippen LogP contribution in [0.3, 0.4) is 0 Å². The number of aryl methyl sites for hydroxylation is 2. The zero-order valence-electron chi connectivity index (χ0n) is 23.3. The molecule has 10 heteroatoms. The lowest BCUT2D eigenvalue weighted by atomic mass is 9.89. The Bertz CT molecular complexity index is 1160. The van der Waals surface area contributed by atoms with E-state index in [1.54, 1.807) is 25.3 Å². The summed E-state index contributed by atoms with van der Waals surface area (Å²) in [5.74, 6) is 0.645. The summed E-state index contributed by atoms with van der Waals surface area (Å²) in [7, 11) is -2.08. The van der Waals surface area contributed by atoms with Crippen LogP contribution in [-0.4, -0.2) is 56.2 Å². The Hall–Kier alpha value is -2.72. The van der Waals surface area contributed by atoms with Gasteiger partial charge < -0.3 is 11.1 Å². The highest BCUT2D eigenvalue weighted by Crippen LogP contribution is 2.32. The minimum absolute atomic E-state index is 0.102. The first-order valence-corrected chi connectivity index (χ1v) is 15.2. The minimum atomic E-state index is -3.67. The molecule has 2 heterocycles. The highest BCUT2D eigenvalue weighted by atomic mass is 32.2. The Labute approximate surface area is 227 Å². The number of unbranched alkanes of at least 4 members (excludes halogenated alkanes) is 6. The minimum Gasteiger partial charge on any atom is -0.351 e. The van der Waals surface area contributed by atoms with Gasteiger partial charge in [-0.05, 0) is 68.0 Å². The Balaban J connectivity index is 1.58. The lowest BCUT2D eigenvalue weighted by Crippen LogP contribution is -2.50. The predicted octanol–water partition coefficient (Wildman–Crippen LogP) is 4.62. The van der Waals surface area contributed by atoms with Crippen molar-refractivity contribution in [3.63, 3.8) is 0 Å². The number of benzene rings is 1. The number of urea groups is 1. The molecule has 9 nitrogen and oxygen atoms in total. The lowest BCUT2D eigenvalue weighted by molar-refractivity contribution is -0.124. The molecule has 0 saturated carbocycles. The lowest BCUT2D eigenvalue weighted by Gasteiger charge is -2.34. The number of carbonyl (C=O) groups excluding carboxylic acids is 2. The summed E-state index contributed by atoms with van der Waals surface area (Å²) in [4.78, 5) is 30.4. The van der Waals surface area contributed by atoms with Gasteiger partial charge >= 0.3 is 6.03 Å². The zero-order valence-corrected chi connectivity index (χ0v) is 24.1. The third-order valence-electron chi connectivity index (χ3n) is 7.66. The number of amidine groups is 1. The summed E-state index contributed by atoms with van der Waals surface area (Å²) in [5, 5.41) is 4.18. The molecule has 1 aromatic rings. The molecule has 2 aliphatic rings. The van der Waals surface area contributed by atoms with E-state index in [1.807, 2.05) is 13.8 Å². The SMILES string of the molecule is CCCCCCCCCC1=NC2(CCN(S(=O)(=O)/C=C/c3c(C)cc(N(C)C(N)=O)cc3C)CC2)C(=O)N1. The van der Waals surface area contributed by atoms with E-state index in [-0.39, 0.29) is 19.0 Å². The first-order valence-electron chi connectivity index (χ1n) is 13.7. The molecule has 1 spiro atoms. The second-order valence-electron chi connectivity index (χ2n) is 10.6. The van der Waals surface area contributed by atoms with E-state index < -0.39 is 21.6 Å². The van der Waals surface area contributed by atoms with Crippen molar-refractivity contribution in [3.05, 3.63) is 34.2 Å². The first kappa shape index (κ1) is 29.8. The second-order valence-corrected chi connectivity index (χ2v) is 12.4. The molecule has 0 radical (unpaired) electrons. The quantitative estimate of drug-likeness (QED) is 0.372. The molecule has 38 heavy (non-hydrogen) atoms. The number of anilines is 1. The average Bonchev–Trinajstić information content (AvgIpc) is 3.16. The molecule has 1 aromatic carbocycles. The number of nitrogens with zero attached hydrogens (tertiary/aromatic N) is 3. The largest absolute Gasteiger partial charge is 0.351 e. The molecule has 0 unspecified atom stereocenters. The maximum Gasteiger partial charge on any atom is 0.318 e. The summed E-state index contributed by atoms with van der Waals surface area (Å²) in [5.41, 5.74) is 7.62. The summed E-state index contributed by atoms with van der Waals surface area (Å²) < 4.78 is 27.6. The number of rotatable bonds is 12. The highest BCUT2D eigenvalue weighted by molar-refractivity contribution is 7.92. The molecule has 0 aromatic heterocycles. The molecule has 0 aliphatic carbocycles. The number of amides is 3. The van der Waals surface area contributed by atoms with Gasteiger partial charge in [-0.1, -0.05) is 45.4 Å². The smallest absolute Gasteiger partial charge is 0.318 e. The normalized spacial score (nSPS) is 17.7. The van der Waals surface area contributed by atoms with E-state index in [0.29, 0.717) is 18.5 Å². The van der Waals surface area contributed by atoms with E-state index in [1.165, 1.54) is 46.7 Å². The number of nitrogens with two attached hydrogens (primary N) is 1. The Morgan fingerprint density at radius 3 is 2.26 bits per heavy atom. The summed E-state index contributed by atoms with van der Waals surface area (Å²) >= 11 is 0. The monoisotopic (exact) mass is 545 g/mol. The number of sulfonamides is 1. The van der Waals surface area contributed by atoms with Crippen LogP contribution in [0.2, 0.25) is 0 Å². The van der Waals surface area contributed by atoms with Crippen molar-refractivity contribution < 1.29 is 18.0 Å². The Morgan fingerprint density at radius 1 is 1.11 bits per heavy atom. The predicted molar refractivity (Wildman–Crippen MR) is 154 cm³/mol. The van der Waals surface area contributed by atoms with Gasteiger partial charge in [-0.25, -0.2) is 13.2 Å². The van der Waals surface area contributed by atoms with Crippen LogP contribution in [-0.2, 0) is 14.8 Å². The number of aliphatic imine (C=N–C) groups is 1. The Morgan fingerprint density at radius 2 is 1.68 bits per heavy atom. The van der Waals surface area contributed by atoms with Gasteiger partial charge in [0.15, 0.2) is 0 Å². The molecular formula is C28H43N5O4S. The van der Waals surface area contributed by atoms with Crippen LogP contribution >= 0.6 is 0 Å². The molecule has 2 aliphatic heterocycles. The van der Waals surface area contributed by atoms with Crippen molar-refractivity contribution in [1.82, 2.24) is 9.62 Å². The van der Waals surface area contributed by atoms with Crippen LogP contribution in [0, 0.1) is 13.8 Å². The van der Waals surface area contributed by atoms with Crippen LogP contribution in [0.15, 0.2) is 22.5 Å². The van der Waals surface area contributed by atoms with E-state index >= 15 is 0 Å². The van der Waals surface area contributed by atoms with Crippen molar-refractivity contribution in [2.75, 3.05) is 25.0 Å². The van der Waals surface area contributed by atoms with Gasteiger partial charge in [0.25, 0.3) is 5.91 Å². The van der Waals surface area contributed by atoms with Crippen molar-refractivity contribution >= 4 is 39.6 Å². The van der Waals surface area contributed by atoms with Crippen LogP contribution in [0.5, 0.6) is 0 Å². The third-order valence-corrected chi connectivity index (χ3v) is 9.22. The van der Waals surface area contributed by atoms with Gasteiger partial charge in [0, 0.05) is 37.7 Å². The maximum absolute atomic E-state index is 13.1. The van der Waals surface area contributed by atoms with Crippen molar-refractivity contribution in [3.8, 4) is 0 Å². The van der Waals surface area contributed by atoms with E-state index in [4.69, 9.17) is 10.7 Å². The van der Waals surface area contributed by atoms with Gasteiger partial charge in [-0.3, -0.25) is 14.7 Å². The molecule has 3 N–H and O–H groups in total. The van der Waals surface area contributed by atoms with Gasteiger partial charge in [-0.15, -0.1) is 0 Å². The standard InChI is InChI=1S/C28H43N5O4S/c1-5-6-7-8-9-10-11-12-25-30-26(34)28(31-25)14-16-33(17-15-28)38(36,37)18-13-24-21(2)19-23(20-22(24)3)32(4)27(29)35/h13,18-20H,5-12,14-17H2,1-4H3,(H2,29,35)(H,30,31,34)/b18-13+. The van der Waals surface area contributed by atoms with Crippen molar-refractivity contribution in [1.29, 1.82) is 0 Å². The third kappa shape index (κ3) is 7.22. The number of nitrogens with one attached hydrogen (secondary N) is 1. The Kier molecular flexibility index (Phi) is 10.1. The average molecular weight is 546 g/mol. The maximum atomic E-state index is 13.1. The van der Waals surface area contributed by atoms with Gasteiger partial charge in [-0.2, -0.15) is 4.31 Å². The fourth-order valence-corrected chi connectivity index (χ4v) is 6.35. The van der Waals surface area contributed by atoms with Crippen LogP contribution < -0.4 is 16.0 Å². The highest BCUT2D eigenvalue weighted by Gasteiger charge is 2.46. The van der Waals surface area contributed by atoms with Gasteiger partial charge in [0.2, 0.25) is 10.0 Å². The fraction of sp³-hybridized carbons (Fsp3) is 0.607.